The van der Waals surface area contributed by atoms with E-state index >= 15 is 0 Å². The number of aromatic nitrogens is 2. The van der Waals surface area contributed by atoms with E-state index in [1.807, 2.05) is 69.9 Å². The van der Waals surface area contributed by atoms with Crippen LogP contribution in [0.15, 0.2) is 40.1 Å². The molecule has 3 heterocycles. The van der Waals surface area contributed by atoms with E-state index in [2.05, 4.69) is 25.9 Å². The van der Waals surface area contributed by atoms with Gasteiger partial charge in [0.2, 0.25) is 11.8 Å². The van der Waals surface area contributed by atoms with Crippen molar-refractivity contribution in [3.63, 3.8) is 0 Å². The quantitative estimate of drug-likeness (QED) is 0.435. The van der Waals surface area contributed by atoms with Crippen molar-refractivity contribution >= 4 is 29.1 Å². The molecular weight excluding hydrogens is 528 g/mol. The van der Waals surface area contributed by atoms with Gasteiger partial charge in [-0.3, -0.25) is 19.3 Å². The van der Waals surface area contributed by atoms with Crippen LogP contribution in [0.3, 0.4) is 0 Å². The van der Waals surface area contributed by atoms with E-state index in [0.717, 1.165) is 5.56 Å². The number of nitrogens with zero attached hydrogens (tertiary/aromatic N) is 3. The molecule has 3 atom stereocenters. The molecule has 4 bridgehead atoms. The zero-order valence-electron chi connectivity index (χ0n) is 23.9. The third-order valence-corrected chi connectivity index (χ3v) is 7.70. The lowest BCUT2D eigenvalue weighted by Gasteiger charge is -2.27. The van der Waals surface area contributed by atoms with Crippen LogP contribution in [-0.4, -0.2) is 51.7 Å². The van der Waals surface area contributed by atoms with Crippen LogP contribution in [0.4, 0.5) is 0 Å². The Morgan fingerprint density at radius 2 is 1.68 bits per heavy atom. The van der Waals surface area contributed by atoms with Gasteiger partial charge in [0, 0.05) is 24.5 Å². The number of carbonyl (C=O) groups excluding carboxylic acids is 3. The van der Waals surface area contributed by atoms with Gasteiger partial charge >= 0.3 is 0 Å². The van der Waals surface area contributed by atoms with Crippen molar-refractivity contribution < 1.29 is 18.8 Å². The molecule has 1 aliphatic heterocycles. The first-order valence-electron chi connectivity index (χ1n) is 13.6. The molecule has 0 unspecified atom stereocenters. The number of benzene rings is 1. The number of amides is 3. The first kappa shape index (κ1) is 29.4. The van der Waals surface area contributed by atoms with E-state index in [0.29, 0.717) is 23.9 Å². The first-order chi connectivity index (χ1) is 19.0. The van der Waals surface area contributed by atoms with Crippen molar-refractivity contribution in [3.8, 4) is 0 Å². The summed E-state index contributed by atoms with van der Waals surface area (Å²) < 4.78 is 5.89. The van der Waals surface area contributed by atoms with E-state index in [-0.39, 0.29) is 65.5 Å². The number of carbonyl (C=O) groups is 3. The molecule has 0 aliphatic carbocycles. The van der Waals surface area contributed by atoms with Crippen LogP contribution < -0.4 is 16.0 Å². The number of oxazole rings is 1. The molecular formula is C29H38N6O4S. The summed E-state index contributed by atoms with van der Waals surface area (Å²) in [4.78, 5) is 50.8. The maximum Gasteiger partial charge on any atom is 0.273 e. The summed E-state index contributed by atoms with van der Waals surface area (Å²) in [6.45, 7) is 12.6. The van der Waals surface area contributed by atoms with Crippen molar-refractivity contribution in [2.75, 3.05) is 13.1 Å². The van der Waals surface area contributed by atoms with E-state index < -0.39 is 6.04 Å². The lowest BCUT2D eigenvalue weighted by Crippen LogP contribution is -2.46. The fraction of sp³-hybridized carbons (Fsp3) is 0.483. The van der Waals surface area contributed by atoms with Gasteiger partial charge in [0.05, 0.1) is 12.6 Å². The van der Waals surface area contributed by atoms with Gasteiger partial charge in [0.15, 0.2) is 5.69 Å². The number of fused-ring (bicyclic) bond motifs is 4. The molecule has 4 rings (SSSR count). The molecule has 0 radical (unpaired) electrons. The normalized spacial score (nSPS) is 21.5. The number of nitrogens with one attached hydrogen (secondary N) is 3. The summed E-state index contributed by atoms with van der Waals surface area (Å²) in [5.41, 5.74) is 1.49. The molecule has 40 heavy (non-hydrogen) atoms. The summed E-state index contributed by atoms with van der Waals surface area (Å²) in [6, 6.07) is 8.69. The fourth-order valence-corrected chi connectivity index (χ4v) is 5.73. The molecule has 0 saturated carbocycles. The van der Waals surface area contributed by atoms with Gasteiger partial charge in [0.1, 0.15) is 22.5 Å². The number of thiazole rings is 1. The Morgan fingerprint density at radius 3 is 2.35 bits per heavy atom. The Labute approximate surface area is 239 Å². The molecule has 10 nitrogen and oxygen atoms in total. The highest BCUT2D eigenvalue weighted by molar-refractivity contribution is 7.09. The molecule has 3 aromatic rings. The van der Waals surface area contributed by atoms with Crippen LogP contribution in [0, 0.1) is 18.8 Å². The highest BCUT2D eigenvalue weighted by Crippen LogP contribution is 2.27. The fourth-order valence-electron chi connectivity index (χ4n) is 4.71. The minimum atomic E-state index is -0.559. The van der Waals surface area contributed by atoms with Crippen LogP contribution in [0.1, 0.15) is 89.9 Å². The van der Waals surface area contributed by atoms with E-state index in [1.54, 1.807) is 12.3 Å². The third-order valence-electron chi connectivity index (χ3n) is 6.78. The molecule has 2 aromatic heterocycles. The summed E-state index contributed by atoms with van der Waals surface area (Å²) >= 11 is 1.34. The molecule has 214 valence electrons. The number of hydrogen-bond donors (Lipinski definition) is 3. The predicted octanol–water partition coefficient (Wildman–Crippen LogP) is 4.01. The van der Waals surface area contributed by atoms with E-state index in [9.17, 15) is 14.4 Å². The van der Waals surface area contributed by atoms with Gasteiger partial charge in [-0.1, -0.05) is 58.0 Å². The zero-order chi connectivity index (χ0) is 29.0. The summed E-state index contributed by atoms with van der Waals surface area (Å²) in [7, 11) is 0. The van der Waals surface area contributed by atoms with Gasteiger partial charge in [-0.15, -0.1) is 11.3 Å². The molecule has 0 fully saturated rings. The Bertz CT molecular complexity index is 1340. The standard InChI is InChI=1S/C29H38N6O4S/c1-16(2)23-28-34-25(19(6)39-28)27(38)30-18(5)12-35(13-20-10-8-7-9-11-20)14-22(36)32-24(17(3)4)29-31-21(15-40-29)26(37)33-23/h7-11,15-18,23-24H,12-14H2,1-6H3,(H,30,38)(H,32,36)(H,33,37)/t18-,23-,24+/m1/s1. The van der Waals surface area contributed by atoms with E-state index in [4.69, 9.17) is 4.42 Å². The summed E-state index contributed by atoms with van der Waals surface area (Å²) in [6.07, 6.45) is 0. The van der Waals surface area contributed by atoms with Gasteiger partial charge in [-0.2, -0.15) is 0 Å². The average Bonchev–Trinajstić information content (AvgIpc) is 3.52. The van der Waals surface area contributed by atoms with Crippen LogP contribution in [-0.2, 0) is 11.3 Å². The lowest BCUT2D eigenvalue weighted by atomic mass is 10.0. The maximum absolute atomic E-state index is 13.3. The predicted molar refractivity (Wildman–Crippen MR) is 153 cm³/mol. The van der Waals surface area contributed by atoms with Crippen LogP contribution >= 0.6 is 11.3 Å². The highest BCUT2D eigenvalue weighted by atomic mass is 32.1. The molecule has 0 saturated heterocycles. The first-order valence-corrected chi connectivity index (χ1v) is 14.5. The SMILES string of the molecule is Cc1oc2nc1C(=O)N[C@H](C)CN(Cc1ccccc1)CC(=O)N[C@@H](C(C)C)c1nc(cs1)C(=O)N[C@@H]2C(C)C. The number of hydrogen-bond acceptors (Lipinski definition) is 8. The minimum Gasteiger partial charge on any atom is -0.443 e. The molecule has 0 spiro atoms. The topological polar surface area (TPSA) is 129 Å². The second kappa shape index (κ2) is 12.7. The lowest BCUT2D eigenvalue weighted by molar-refractivity contribution is -0.123. The minimum absolute atomic E-state index is 0.0505. The number of rotatable bonds is 4. The van der Waals surface area contributed by atoms with E-state index in [1.165, 1.54) is 11.3 Å². The van der Waals surface area contributed by atoms with Crippen molar-refractivity contribution in [1.29, 1.82) is 0 Å². The summed E-state index contributed by atoms with van der Waals surface area (Å²) in [5.74, 6) is -0.276. The van der Waals surface area contributed by atoms with Crippen LogP contribution in [0.5, 0.6) is 0 Å². The smallest absolute Gasteiger partial charge is 0.273 e. The molecule has 3 N–H and O–H groups in total. The van der Waals surface area contributed by atoms with Gasteiger partial charge in [-0.05, 0) is 31.2 Å². The third kappa shape index (κ3) is 7.14. The zero-order valence-corrected chi connectivity index (χ0v) is 24.7. The summed E-state index contributed by atoms with van der Waals surface area (Å²) in [5, 5.41) is 11.5. The molecule has 3 amide bonds. The average molecular weight is 567 g/mol. The van der Waals surface area contributed by atoms with Gasteiger partial charge in [-0.25, -0.2) is 9.97 Å². The van der Waals surface area contributed by atoms with Gasteiger partial charge in [0.25, 0.3) is 11.8 Å². The van der Waals surface area contributed by atoms with Crippen LogP contribution in [0.25, 0.3) is 0 Å². The van der Waals surface area contributed by atoms with Crippen LogP contribution in [0.2, 0.25) is 0 Å². The molecule has 11 heteroatoms. The van der Waals surface area contributed by atoms with Crippen molar-refractivity contribution in [2.45, 2.75) is 66.2 Å². The Kier molecular flexibility index (Phi) is 9.36. The van der Waals surface area contributed by atoms with Gasteiger partial charge < -0.3 is 20.4 Å². The Hall–Kier alpha value is -3.57. The Balaban J connectivity index is 1.70. The van der Waals surface area contributed by atoms with Crippen molar-refractivity contribution in [1.82, 2.24) is 30.8 Å². The number of aryl methyl sites for hydroxylation is 1. The highest BCUT2D eigenvalue weighted by Gasteiger charge is 2.30. The van der Waals surface area contributed by atoms with Crippen molar-refractivity contribution in [2.24, 2.45) is 11.8 Å². The monoisotopic (exact) mass is 566 g/mol. The largest absolute Gasteiger partial charge is 0.443 e. The Morgan fingerprint density at radius 1 is 0.975 bits per heavy atom. The second-order valence-corrected chi connectivity index (χ2v) is 11.9. The molecule has 1 aliphatic rings. The molecule has 1 aromatic carbocycles. The second-order valence-electron chi connectivity index (χ2n) is 11.0. The van der Waals surface area contributed by atoms with Crippen molar-refractivity contribution in [3.05, 3.63) is 69.3 Å². The maximum atomic E-state index is 13.3.